The van der Waals surface area contributed by atoms with Crippen LogP contribution in [0.2, 0.25) is 0 Å². The summed E-state index contributed by atoms with van der Waals surface area (Å²) in [4.78, 5) is 0. The van der Waals surface area contributed by atoms with Crippen molar-refractivity contribution in [2.45, 2.75) is 26.2 Å². The Labute approximate surface area is 121 Å². The predicted molar refractivity (Wildman–Crippen MR) is 84.4 cm³/mol. The van der Waals surface area contributed by atoms with Crippen LogP contribution >= 0.6 is 0 Å². The number of methoxy groups -OCH3 is 1. The van der Waals surface area contributed by atoms with E-state index in [4.69, 9.17) is 10.5 Å². The second-order valence-corrected chi connectivity index (χ2v) is 5.34. The van der Waals surface area contributed by atoms with Crippen molar-refractivity contribution in [3.8, 4) is 5.75 Å². The second kappa shape index (κ2) is 6.58. The summed E-state index contributed by atoms with van der Waals surface area (Å²) in [5.41, 5.74) is 11.2. The van der Waals surface area contributed by atoms with Gasteiger partial charge in [0.1, 0.15) is 5.75 Å². The van der Waals surface area contributed by atoms with Crippen LogP contribution in [0.25, 0.3) is 0 Å². The van der Waals surface area contributed by atoms with Crippen molar-refractivity contribution in [3.63, 3.8) is 0 Å². The topological polar surface area (TPSA) is 35.2 Å². The lowest BCUT2D eigenvalue weighted by molar-refractivity contribution is 0.413. The van der Waals surface area contributed by atoms with Crippen LogP contribution < -0.4 is 10.5 Å². The molecule has 20 heavy (non-hydrogen) atoms. The standard InChI is InChI=1S/C18H23NO/c1-13-7-8-14(2)16(9-13)10-17(12-19)15-5-4-6-18(11-15)20-3/h4-9,11,17H,10,12,19H2,1-3H3. The molecule has 1 atom stereocenters. The van der Waals surface area contributed by atoms with Crippen LogP contribution in [0, 0.1) is 13.8 Å². The lowest BCUT2D eigenvalue weighted by atomic mass is 9.89. The van der Waals surface area contributed by atoms with E-state index in [2.05, 4.69) is 44.2 Å². The maximum Gasteiger partial charge on any atom is 0.119 e. The van der Waals surface area contributed by atoms with E-state index in [0.29, 0.717) is 12.5 Å². The van der Waals surface area contributed by atoms with Crippen molar-refractivity contribution >= 4 is 0 Å². The van der Waals surface area contributed by atoms with Gasteiger partial charge >= 0.3 is 0 Å². The molecule has 0 saturated heterocycles. The van der Waals surface area contributed by atoms with Crippen LogP contribution in [0.5, 0.6) is 5.75 Å². The molecule has 0 aliphatic carbocycles. The van der Waals surface area contributed by atoms with Crippen LogP contribution in [-0.4, -0.2) is 13.7 Å². The normalized spacial score (nSPS) is 12.2. The van der Waals surface area contributed by atoms with Gasteiger partial charge in [0, 0.05) is 5.92 Å². The van der Waals surface area contributed by atoms with Crippen LogP contribution in [-0.2, 0) is 6.42 Å². The highest BCUT2D eigenvalue weighted by molar-refractivity contribution is 5.35. The molecule has 2 N–H and O–H groups in total. The summed E-state index contributed by atoms with van der Waals surface area (Å²) < 4.78 is 5.30. The average molecular weight is 269 g/mol. The molecule has 0 bridgehead atoms. The quantitative estimate of drug-likeness (QED) is 0.900. The third kappa shape index (κ3) is 3.40. The Morgan fingerprint density at radius 1 is 1.10 bits per heavy atom. The Balaban J connectivity index is 2.26. The predicted octanol–water partition coefficient (Wildman–Crippen LogP) is 3.60. The summed E-state index contributed by atoms with van der Waals surface area (Å²) in [5, 5.41) is 0. The maximum atomic E-state index is 5.99. The van der Waals surface area contributed by atoms with Gasteiger partial charge in [-0.15, -0.1) is 0 Å². The molecule has 0 fully saturated rings. The number of ether oxygens (including phenoxy) is 1. The van der Waals surface area contributed by atoms with Crippen LogP contribution in [0.4, 0.5) is 0 Å². The summed E-state index contributed by atoms with van der Waals surface area (Å²) in [5.74, 6) is 1.22. The second-order valence-electron chi connectivity index (χ2n) is 5.34. The van der Waals surface area contributed by atoms with Gasteiger partial charge in [0.25, 0.3) is 0 Å². The highest BCUT2D eigenvalue weighted by Crippen LogP contribution is 2.25. The molecule has 0 aliphatic rings. The van der Waals surface area contributed by atoms with Gasteiger partial charge < -0.3 is 10.5 Å². The molecule has 2 heteroatoms. The number of benzene rings is 2. The van der Waals surface area contributed by atoms with Crippen LogP contribution in [0.1, 0.15) is 28.2 Å². The van der Waals surface area contributed by atoms with Crippen molar-refractivity contribution in [2.75, 3.05) is 13.7 Å². The monoisotopic (exact) mass is 269 g/mol. The van der Waals surface area contributed by atoms with E-state index in [1.54, 1.807) is 7.11 Å². The Morgan fingerprint density at radius 2 is 1.90 bits per heavy atom. The molecule has 2 rings (SSSR count). The van der Waals surface area contributed by atoms with E-state index >= 15 is 0 Å². The molecule has 0 aromatic heterocycles. The Hall–Kier alpha value is -1.80. The SMILES string of the molecule is COc1cccc(C(CN)Cc2cc(C)ccc2C)c1. The highest BCUT2D eigenvalue weighted by Gasteiger charge is 2.13. The van der Waals surface area contributed by atoms with Crippen molar-refractivity contribution < 1.29 is 4.74 Å². The van der Waals surface area contributed by atoms with E-state index in [1.165, 1.54) is 22.3 Å². The molecular weight excluding hydrogens is 246 g/mol. The number of hydrogen-bond donors (Lipinski definition) is 1. The number of hydrogen-bond acceptors (Lipinski definition) is 2. The Morgan fingerprint density at radius 3 is 2.60 bits per heavy atom. The van der Waals surface area contributed by atoms with E-state index in [-0.39, 0.29) is 0 Å². The van der Waals surface area contributed by atoms with Crippen LogP contribution in [0.15, 0.2) is 42.5 Å². The molecule has 1 unspecified atom stereocenters. The van der Waals surface area contributed by atoms with Gasteiger partial charge in [-0.25, -0.2) is 0 Å². The molecule has 2 aromatic carbocycles. The minimum Gasteiger partial charge on any atom is -0.497 e. The zero-order valence-electron chi connectivity index (χ0n) is 12.5. The summed E-state index contributed by atoms with van der Waals surface area (Å²) in [6.45, 7) is 4.93. The molecule has 106 valence electrons. The summed E-state index contributed by atoms with van der Waals surface area (Å²) in [6, 6.07) is 14.8. The van der Waals surface area contributed by atoms with Gasteiger partial charge in [0.05, 0.1) is 7.11 Å². The fourth-order valence-corrected chi connectivity index (χ4v) is 2.52. The first-order valence-corrected chi connectivity index (χ1v) is 7.04. The molecule has 0 spiro atoms. The maximum absolute atomic E-state index is 5.99. The highest BCUT2D eigenvalue weighted by atomic mass is 16.5. The molecule has 2 nitrogen and oxygen atoms in total. The van der Waals surface area contributed by atoms with Gasteiger partial charge in [0.15, 0.2) is 0 Å². The van der Waals surface area contributed by atoms with E-state index in [9.17, 15) is 0 Å². The number of rotatable bonds is 5. The Kier molecular flexibility index (Phi) is 4.80. The van der Waals surface area contributed by atoms with E-state index < -0.39 is 0 Å². The lowest BCUT2D eigenvalue weighted by Crippen LogP contribution is -2.15. The first-order valence-electron chi connectivity index (χ1n) is 7.04. The number of aryl methyl sites for hydroxylation is 2. The number of nitrogens with two attached hydrogens (primary N) is 1. The van der Waals surface area contributed by atoms with Crippen molar-refractivity contribution in [1.29, 1.82) is 0 Å². The minimum atomic E-state index is 0.325. The van der Waals surface area contributed by atoms with E-state index in [1.807, 2.05) is 12.1 Å². The van der Waals surface area contributed by atoms with Crippen molar-refractivity contribution in [1.82, 2.24) is 0 Å². The van der Waals surface area contributed by atoms with Gasteiger partial charge in [-0.05, 0) is 55.6 Å². The molecule has 0 saturated carbocycles. The van der Waals surface area contributed by atoms with Crippen molar-refractivity contribution in [2.24, 2.45) is 5.73 Å². The first kappa shape index (κ1) is 14.6. The van der Waals surface area contributed by atoms with Gasteiger partial charge in [0.2, 0.25) is 0 Å². The van der Waals surface area contributed by atoms with Gasteiger partial charge in [-0.1, -0.05) is 35.9 Å². The first-order chi connectivity index (χ1) is 9.63. The largest absolute Gasteiger partial charge is 0.497 e. The van der Waals surface area contributed by atoms with Crippen LogP contribution in [0.3, 0.4) is 0 Å². The summed E-state index contributed by atoms with van der Waals surface area (Å²) in [7, 11) is 1.70. The molecule has 0 radical (unpaired) electrons. The molecule has 0 heterocycles. The molecule has 0 aliphatic heterocycles. The Bertz CT molecular complexity index is 577. The third-order valence-corrected chi connectivity index (χ3v) is 3.82. The third-order valence-electron chi connectivity index (χ3n) is 3.82. The summed E-state index contributed by atoms with van der Waals surface area (Å²) in [6.07, 6.45) is 0.969. The molecule has 0 amide bonds. The smallest absolute Gasteiger partial charge is 0.119 e. The fraction of sp³-hybridized carbons (Fsp3) is 0.333. The van der Waals surface area contributed by atoms with E-state index in [0.717, 1.165) is 12.2 Å². The van der Waals surface area contributed by atoms with Crippen molar-refractivity contribution in [3.05, 3.63) is 64.7 Å². The molecule has 2 aromatic rings. The van der Waals surface area contributed by atoms with Gasteiger partial charge in [-0.3, -0.25) is 0 Å². The zero-order chi connectivity index (χ0) is 14.5. The zero-order valence-corrected chi connectivity index (χ0v) is 12.5. The molecular formula is C18H23NO. The minimum absolute atomic E-state index is 0.325. The lowest BCUT2D eigenvalue weighted by Gasteiger charge is -2.18. The average Bonchev–Trinajstić information content (AvgIpc) is 2.48. The van der Waals surface area contributed by atoms with Gasteiger partial charge in [-0.2, -0.15) is 0 Å². The summed E-state index contributed by atoms with van der Waals surface area (Å²) >= 11 is 0. The fourth-order valence-electron chi connectivity index (χ4n) is 2.52.